The van der Waals surface area contributed by atoms with Crippen LogP contribution in [0.1, 0.15) is 53.4 Å². The first kappa shape index (κ1) is 12.8. The third kappa shape index (κ3) is 1.39. The van der Waals surface area contributed by atoms with Crippen molar-refractivity contribution in [2.24, 2.45) is 0 Å². The molecule has 0 N–H and O–H groups in total. The fraction of sp³-hybridized carbons (Fsp3) is 0.833. The molecule has 0 spiro atoms. The minimum Gasteiger partial charge on any atom is -0.227 e. The zero-order chi connectivity index (χ0) is 11.7. The molecule has 1 aliphatic rings. The van der Waals surface area contributed by atoms with E-state index in [1.54, 1.807) is 0 Å². The summed E-state index contributed by atoms with van der Waals surface area (Å²) in [5.41, 5.74) is 0. The number of sulfone groups is 1. The maximum atomic E-state index is 12.6. The summed E-state index contributed by atoms with van der Waals surface area (Å²) in [6.45, 7) is 7.86. The molecule has 3 heteroatoms. The van der Waals surface area contributed by atoms with E-state index in [4.69, 9.17) is 0 Å². The molecule has 0 bridgehead atoms. The van der Waals surface area contributed by atoms with Crippen molar-refractivity contribution in [3.05, 3.63) is 12.2 Å². The summed E-state index contributed by atoms with van der Waals surface area (Å²) in [4.78, 5) is 0. The van der Waals surface area contributed by atoms with Crippen molar-refractivity contribution in [3.63, 3.8) is 0 Å². The number of hydrogen-bond acceptors (Lipinski definition) is 2. The Hall–Kier alpha value is -0.310. The lowest BCUT2D eigenvalue weighted by atomic mass is 9.97. The van der Waals surface area contributed by atoms with Crippen molar-refractivity contribution in [2.75, 3.05) is 0 Å². The van der Waals surface area contributed by atoms with Gasteiger partial charge in [-0.05, 0) is 25.7 Å². The van der Waals surface area contributed by atoms with E-state index in [1.807, 2.05) is 39.8 Å². The van der Waals surface area contributed by atoms with Crippen LogP contribution >= 0.6 is 0 Å². The first-order valence-electron chi connectivity index (χ1n) is 5.89. The molecule has 0 saturated heterocycles. The molecule has 0 unspecified atom stereocenters. The van der Waals surface area contributed by atoms with Crippen LogP contribution in [-0.2, 0) is 9.84 Å². The van der Waals surface area contributed by atoms with E-state index in [0.717, 1.165) is 0 Å². The molecular formula is C12H22O2S. The Morgan fingerprint density at radius 2 is 1.07 bits per heavy atom. The second-order valence-electron chi connectivity index (χ2n) is 4.38. The summed E-state index contributed by atoms with van der Waals surface area (Å²) in [5.74, 6) is 0. The lowest BCUT2D eigenvalue weighted by Gasteiger charge is -2.32. The molecule has 0 saturated carbocycles. The van der Waals surface area contributed by atoms with Crippen molar-refractivity contribution >= 4 is 9.84 Å². The van der Waals surface area contributed by atoms with Gasteiger partial charge in [-0.2, -0.15) is 0 Å². The zero-order valence-corrected chi connectivity index (χ0v) is 11.0. The van der Waals surface area contributed by atoms with Gasteiger partial charge < -0.3 is 0 Å². The minimum atomic E-state index is -3.06. The standard InChI is InChI=1S/C12H22O2S/c1-5-11(6-2)9-10-12(7-3,8-4)15(11,13)14/h9-10H,5-8H2,1-4H3. The van der Waals surface area contributed by atoms with Crippen LogP contribution in [0.15, 0.2) is 12.2 Å². The van der Waals surface area contributed by atoms with Gasteiger partial charge in [0.25, 0.3) is 0 Å². The quantitative estimate of drug-likeness (QED) is 0.695. The highest BCUT2D eigenvalue weighted by Crippen LogP contribution is 2.46. The molecule has 1 heterocycles. The highest BCUT2D eigenvalue weighted by Gasteiger charge is 2.54. The van der Waals surface area contributed by atoms with Crippen LogP contribution in [0, 0.1) is 0 Å². The monoisotopic (exact) mass is 230 g/mol. The third-order valence-corrected chi connectivity index (χ3v) is 7.72. The van der Waals surface area contributed by atoms with Crippen LogP contribution < -0.4 is 0 Å². The Bertz CT molecular complexity index is 316. The van der Waals surface area contributed by atoms with Gasteiger partial charge in [0.1, 0.15) is 0 Å². The van der Waals surface area contributed by atoms with E-state index >= 15 is 0 Å². The molecule has 88 valence electrons. The van der Waals surface area contributed by atoms with Gasteiger partial charge in [0.15, 0.2) is 9.84 Å². The zero-order valence-electron chi connectivity index (χ0n) is 10.2. The molecule has 0 aromatic heterocycles. The molecule has 15 heavy (non-hydrogen) atoms. The average molecular weight is 230 g/mol. The molecule has 1 rings (SSSR count). The van der Waals surface area contributed by atoms with E-state index in [1.165, 1.54) is 0 Å². The smallest absolute Gasteiger partial charge is 0.168 e. The summed E-state index contributed by atoms with van der Waals surface area (Å²) < 4.78 is 24.0. The molecule has 0 radical (unpaired) electrons. The lowest BCUT2D eigenvalue weighted by Crippen LogP contribution is -2.44. The fourth-order valence-electron chi connectivity index (χ4n) is 2.62. The summed E-state index contributed by atoms with van der Waals surface area (Å²) in [6.07, 6.45) is 6.62. The summed E-state index contributed by atoms with van der Waals surface area (Å²) in [6, 6.07) is 0. The number of hydrogen-bond donors (Lipinski definition) is 0. The van der Waals surface area contributed by atoms with E-state index in [9.17, 15) is 8.42 Å². The summed E-state index contributed by atoms with van der Waals surface area (Å²) in [5, 5.41) is 0. The largest absolute Gasteiger partial charge is 0.227 e. The van der Waals surface area contributed by atoms with Gasteiger partial charge in [-0.3, -0.25) is 0 Å². The van der Waals surface area contributed by atoms with Crippen molar-refractivity contribution < 1.29 is 8.42 Å². The van der Waals surface area contributed by atoms with Gasteiger partial charge in [0.2, 0.25) is 0 Å². The SMILES string of the molecule is CCC1(CC)C=CC(CC)(CC)S1(=O)=O. The molecule has 0 fully saturated rings. The van der Waals surface area contributed by atoms with Crippen LogP contribution in [0.3, 0.4) is 0 Å². The molecule has 0 amide bonds. The van der Waals surface area contributed by atoms with E-state index in [0.29, 0.717) is 25.7 Å². The van der Waals surface area contributed by atoms with Gasteiger partial charge in [0.05, 0.1) is 9.49 Å². The Morgan fingerprint density at radius 1 is 0.800 bits per heavy atom. The maximum absolute atomic E-state index is 12.6. The Labute approximate surface area is 93.7 Å². The van der Waals surface area contributed by atoms with Gasteiger partial charge >= 0.3 is 0 Å². The summed E-state index contributed by atoms with van der Waals surface area (Å²) >= 11 is 0. The molecule has 0 aromatic rings. The highest BCUT2D eigenvalue weighted by molar-refractivity contribution is 7.94. The van der Waals surface area contributed by atoms with Crippen molar-refractivity contribution in [1.82, 2.24) is 0 Å². The average Bonchev–Trinajstić information content (AvgIpc) is 2.47. The highest BCUT2D eigenvalue weighted by atomic mass is 32.2. The molecule has 1 aliphatic heterocycles. The van der Waals surface area contributed by atoms with Gasteiger partial charge in [-0.25, -0.2) is 8.42 Å². The van der Waals surface area contributed by atoms with Crippen LogP contribution in [0.5, 0.6) is 0 Å². The second-order valence-corrected chi connectivity index (χ2v) is 7.01. The number of rotatable bonds is 4. The molecule has 0 aromatic carbocycles. The van der Waals surface area contributed by atoms with Gasteiger partial charge in [-0.1, -0.05) is 39.8 Å². The normalized spacial score (nSPS) is 25.6. The Morgan fingerprint density at radius 3 is 1.20 bits per heavy atom. The Kier molecular flexibility index (Phi) is 3.34. The van der Waals surface area contributed by atoms with Crippen molar-refractivity contribution in [2.45, 2.75) is 62.9 Å². The Balaban J connectivity index is 3.32. The van der Waals surface area contributed by atoms with Crippen LogP contribution in [0.2, 0.25) is 0 Å². The molecule has 2 nitrogen and oxygen atoms in total. The third-order valence-electron chi connectivity index (χ3n) is 4.16. The molecule has 0 aliphatic carbocycles. The predicted molar refractivity (Wildman–Crippen MR) is 64.7 cm³/mol. The van der Waals surface area contributed by atoms with Crippen molar-refractivity contribution in [1.29, 1.82) is 0 Å². The van der Waals surface area contributed by atoms with Crippen LogP contribution in [-0.4, -0.2) is 17.9 Å². The molecule has 0 atom stereocenters. The van der Waals surface area contributed by atoms with Crippen molar-refractivity contribution in [3.8, 4) is 0 Å². The topological polar surface area (TPSA) is 34.1 Å². The van der Waals surface area contributed by atoms with Crippen LogP contribution in [0.25, 0.3) is 0 Å². The van der Waals surface area contributed by atoms with Gasteiger partial charge in [-0.15, -0.1) is 0 Å². The van der Waals surface area contributed by atoms with Gasteiger partial charge in [0, 0.05) is 0 Å². The fourth-order valence-corrected chi connectivity index (χ4v) is 5.44. The van der Waals surface area contributed by atoms with E-state index in [2.05, 4.69) is 0 Å². The summed E-state index contributed by atoms with van der Waals surface area (Å²) in [7, 11) is -3.06. The first-order valence-corrected chi connectivity index (χ1v) is 7.38. The van der Waals surface area contributed by atoms with E-state index in [-0.39, 0.29) is 0 Å². The molecular weight excluding hydrogens is 208 g/mol. The maximum Gasteiger partial charge on any atom is 0.168 e. The first-order chi connectivity index (χ1) is 6.95. The van der Waals surface area contributed by atoms with Crippen LogP contribution in [0.4, 0.5) is 0 Å². The van der Waals surface area contributed by atoms with E-state index < -0.39 is 19.3 Å². The lowest BCUT2D eigenvalue weighted by molar-refractivity contribution is 0.505. The second kappa shape index (κ2) is 3.93. The minimum absolute atomic E-state index is 0.598. The predicted octanol–water partition coefficient (Wildman–Crippen LogP) is 3.09.